The molecule has 0 spiro atoms. The van der Waals surface area contributed by atoms with E-state index in [1.54, 1.807) is 32.9 Å². The zero-order chi connectivity index (χ0) is 32.8. The van der Waals surface area contributed by atoms with Crippen LogP contribution in [0.2, 0.25) is 0 Å². The highest BCUT2D eigenvalue weighted by Crippen LogP contribution is 2.42. The second kappa shape index (κ2) is 14.7. The van der Waals surface area contributed by atoms with Crippen LogP contribution < -0.4 is 9.64 Å². The number of aliphatic hydroxyl groups is 1. The van der Waals surface area contributed by atoms with Crippen molar-refractivity contribution in [3.8, 4) is 16.9 Å². The number of carbonyl (C=O) groups is 1. The van der Waals surface area contributed by atoms with Gasteiger partial charge in [-0.15, -0.1) is 0 Å². The number of halogens is 1. The maximum absolute atomic E-state index is 13.2. The number of hydrogen-bond acceptors (Lipinski definition) is 6. The summed E-state index contributed by atoms with van der Waals surface area (Å²) in [5.74, 6) is -0.310. The van der Waals surface area contributed by atoms with Crippen LogP contribution in [0.15, 0.2) is 48.5 Å². The SMILES string of the molecule is CC(C)(C)O.Cc1nc(CN2CCC2)c(-c2ccc(OCCc3ccc(F)cc3)cc2)c(N2CCC(C)(C)CC2)c1CC(=O)O. The number of likely N-dealkylation sites (tertiary alicyclic amines) is 1. The number of benzene rings is 2. The first-order valence-electron chi connectivity index (χ1n) is 16.1. The number of carboxylic acids is 1. The van der Waals surface area contributed by atoms with Gasteiger partial charge < -0.3 is 19.8 Å². The summed E-state index contributed by atoms with van der Waals surface area (Å²) < 4.78 is 19.2. The monoisotopic (exact) mass is 619 g/mol. The van der Waals surface area contributed by atoms with E-state index < -0.39 is 11.6 Å². The summed E-state index contributed by atoms with van der Waals surface area (Å²) >= 11 is 0. The van der Waals surface area contributed by atoms with Crippen molar-refractivity contribution in [2.24, 2.45) is 5.41 Å². The number of aliphatic carboxylic acids is 1. The van der Waals surface area contributed by atoms with Crippen LogP contribution in [-0.4, -0.2) is 64.5 Å². The fourth-order valence-corrected chi connectivity index (χ4v) is 5.66. The van der Waals surface area contributed by atoms with E-state index >= 15 is 0 Å². The van der Waals surface area contributed by atoms with E-state index in [9.17, 15) is 14.3 Å². The molecule has 244 valence electrons. The molecule has 2 aliphatic heterocycles. The standard InChI is InChI=1S/C33H40FN3O3.C4H10O/c1-23-28(21-30(38)39)32(37-18-14-33(2,3)15-19-37)31(29(35-23)22-36-16-4-17-36)25-7-11-27(12-8-25)40-20-13-24-5-9-26(34)10-6-24;1-4(2,3)5/h5-12H,4,13-22H2,1-3H3,(H,38,39);5H,1-3H3. The summed E-state index contributed by atoms with van der Waals surface area (Å²) in [6.07, 6.45) is 3.96. The Bertz CT molecular complexity index is 1410. The van der Waals surface area contributed by atoms with Gasteiger partial charge in [0.05, 0.1) is 30.0 Å². The molecule has 2 fully saturated rings. The number of pyridine rings is 1. The first-order chi connectivity index (χ1) is 21.2. The van der Waals surface area contributed by atoms with Crippen molar-refractivity contribution in [2.75, 3.05) is 37.7 Å². The van der Waals surface area contributed by atoms with Gasteiger partial charge in [0.1, 0.15) is 11.6 Å². The molecule has 2 saturated heterocycles. The molecule has 2 N–H and O–H groups in total. The first kappa shape index (κ1) is 34.4. The zero-order valence-electron chi connectivity index (χ0n) is 27.8. The van der Waals surface area contributed by atoms with Crippen molar-refractivity contribution in [3.63, 3.8) is 0 Å². The molecule has 1 aromatic heterocycles. The Kier molecular flexibility index (Phi) is 11.3. The summed E-state index contributed by atoms with van der Waals surface area (Å²) in [7, 11) is 0. The average molecular weight is 620 g/mol. The highest BCUT2D eigenvalue weighted by atomic mass is 19.1. The number of aromatic nitrogens is 1. The highest BCUT2D eigenvalue weighted by Gasteiger charge is 2.31. The van der Waals surface area contributed by atoms with E-state index in [2.05, 4.69) is 35.8 Å². The highest BCUT2D eigenvalue weighted by molar-refractivity contribution is 5.86. The molecule has 0 radical (unpaired) electrons. The third kappa shape index (κ3) is 10.3. The van der Waals surface area contributed by atoms with E-state index in [-0.39, 0.29) is 17.7 Å². The fourth-order valence-electron chi connectivity index (χ4n) is 5.66. The van der Waals surface area contributed by atoms with Gasteiger partial charge in [0.15, 0.2) is 0 Å². The molecule has 2 aromatic carbocycles. The van der Waals surface area contributed by atoms with Gasteiger partial charge in [0.25, 0.3) is 0 Å². The lowest BCUT2D eigenvalue weighted by Gasteiger charge is -2.41. The van der Waals surface area contributed by atoms with Crippen LogP contribution in [0, 0.1) is 18.2 Å². The molecule has 0 saturated carbocycles. The maximum atomic E-state index is 13.2. The number of nitrogens with zero attached hydrogens (tertiary/aromatic N) is 3. The van der Waals surface area contributed by atoms with Gasteiger partial charge in [-0.1, -0.05) is 38.1 Å². The Morgan fingerprint density at radius 3 is 2.13 bits per heavy atom. The van der Waals surface area contributed by atoms with E-state index in [4.69, 9.17) is 14.8 Å². The summed E-state index contributed by atoms with van der Waals surface area (Å²) in [6.45, 7) is 17.0. The van der Waals surface area contributed by atoms with Gasteiger partial charge in [-0.05, 0) is 101 Å². The van der Waals surface area contributed by atoms with E-state index in [1.165, 1.54) is 18.6 Å². The zero-order valence-corrected chi connectivity index (χ0v) is 27.8. The summed E-state index contributed by atoms with van der Waals surface area (Å²) in [6, 6.07) is 14.6. The molecule has 45 heavy (non-hydrogen) atoms. The van der Waals surface area contributed by atoms with Crippen LogP contribution in [0.1, 0.15) is 76.4 Å². The van der Waals surface area contributed by atoms with Gasteiger partial charge in [-0.3, -0.25) is 14.7 Å². The maximum Gasteiger partial charge on any atom is 0.307 e. The molecular formula is C37H50FN3O4. The molecule has 2 aliphatic rings. The van der Waals surface area contributed by atoms with Crippen LogP contribution in [0.5, 0.6) is 5.75 Å². The summed E-state index contributed by atoms with van der Waals surface area (Å²) in [5.41, 5.74) is 6.55. The second-order valence-corrected chi connectivity index (χ2v) is 14.1. The minimum Gasteiger partial charge on any atom is -0.493 e. The second-order valence-electron chi connectivity index (χ2n) is 14.1. The predicted molar refractivity (Wildman–Crippen MR) is 178 cm³/mol. The Hall–Kier alpha value is -3.49. The molecule has 3 aromatic rings. The van der Waals surface area contributed by atoms with E-state index in [0.29, 0.717) is 13.0 Å². The van der Waals surface area contributed by atoms with Crippen molar-refractivity contribution in [1.82, 2.24) is 9.88 Å². The Morgan fingerprint density at radius 2 is 1.60 bits per heavy atom. The minimum atomic E-state index is -0.838. The van der Waals surface area contributed by atoms with Crippen LogP contribution >= 0.6 is 0 Å². The Morgan fingerprint density at radius 1 is 1.00 bits per heavy atom. The average Bonchev–Trinajstić information content (AvgIpc) is 2.92. The van der Waals surface area contributed by atoms with Crippen molar-refractivity contribution in [3.05, 3.63) is 76.9 Å². The Balaban J connectivity index is 0.000000854. The number of piperidine rings is 1. The van der Waals surface area contributed by atoms with Gasteiger partial charge in [0.2, 0.25) is 0 Å². The molecule has 0 amide bonds. The lowest BCUT2D eigenvalue weighted by molar-refractivity contribution is -0.136. The van der Waals surface area contributed by atoms with Gasteiger partial charge in [-0.2, -0.15) is 0 Å². The normalized spacial score (nSPS) is 16.4. The molecule has 7 nitrogen and oxygen atoms in total. The molecular weight excluding hydrogens is 569 g/mol. The molecule has 0 aliphatic carbocycles. The van der Waals surface area contributed by atoms with Gasteiger partial charge >= 0.3 is 5.97 Å². The number of ether oxygens (including phenoxy) is 1. The van der Waals surface area contributed by atoms with Crippen LogP contribution in [0.4, 0.5) is 10.1 Å². The predicted octanol–water partition coefficient (Wildman–Crippen LogP) is 7.05. The summed E-state index contributed by atoms with van der Waals surface area (Å²) in [4.78, 5) is 21.8. The topological polar surface area (TPSA) is 86.1 Å². The molecule has 0 atom stereocenters. The van der Waals surface area contributed by atoms with Gasteiger partial charge in [0, 0.05) is 42.9 Å². The van der Waals surface area contributed by atoms with Crippen molar-refractivity contribution in [2.45, 2.75) is 85.8 Å². The van der Waals surface area contributed by atoms with Crippen LogP contribution in [0.3, 0.4) is 0 Å². The Labute approximate surface area is 268 Å². The third-order valence-electron chi connectivity index (χ3n) is 8.35. The summed E-state index contributed by atoms with van der Waals surface area (Å²) in [5, 5.41) is 18.4. The van der Waals surface area contributed by atoms with E-state index in [1.807, 2.05) is 19.1 Å². The third-order valence-corrected chi connectivity index (χ3v) is 8.35. The number of anilines is 1. The lowest BCUT2D eigenvalue weighted by atomic mass is 9.82. The number of aryl methyl sites for hydroxylation is 1. The molecule has 5 rings (SSSR count). The largest absolute Gasteiger partial charge is 0.493 e. The molecule has 3 heterocycles. The number of hydrogen-bond donors (Lipinski definition) is 2. The number of carboxylic acid groups (broad SMARTS) is 1. The van der Waals surface area contributed by atoms with E-state index in [0.717, 1.165) is 90.6 Å². The molecule has 0 unspecified atom stereocenters. The van der Waals surface area contributed by atoms with Crippen molar-refractivity contribution >= 4 is 11.7 Å². The van der Waals surface area contributed by atoms with Crippen LogP contribution in [-0.2, 0) is 24.2 Å². The van der Waals surface area contributed by atoms with Crippen LogP contribution in [0.25, 0.3) is 11.1 Å². The first-order valence-corrected chi connectivity index (χ1v) is 16.1. The quantitative estimate of drug-likeness (QED) is 0.251. The minimum absolute atomic E-state index is 0.0460. The fraction of sp³-hybridized carbons (Fsp3) is 0.514. The molecule has 0 bridgehead atoms. The van der Waals surface area contributed by atoms with Crippen molar-refractivity contribution in [1.29, 1.82) is 0 Å². The van der Waals surface area contributed by atoms with Gasteiger partial charge in [-0.25, -0.2) is 4.39 Å². The van der Waals surface area contributed by atoms with Crippen molar-refractivity contribution < 1.29 is 24.1 Å². The molecule has 8 heteroatoms. The smallest absolute Gasteiger partial charge is 0.307 e. The number of rotatable bonds is 10. The lowest BCUT2D eigenvalue weighted by Crippen LogP contribution is -2.39.